The summed E-state index contributed by atoms with van der Waals surface area (Å²) in [4.78, 5) is 2.13. The summed E-state index contributed by atoms with van der Waals surface area (Å²) in [5, 5.41) is 18.5. The molecule has 0 aliphatic carbocycles. The van der Waals surface area contributed by atoms with Crippen LogP contribution in [-0.2, 0) is 19.4 Å². The van der Waals surface area contributed by atoms with Crippen LogP contribution in [0.1, 0.15) is 43.5 Å². The van der Waals surface area contributed by atoms with Crippen molar-refractivity contribution < 1.29 is 5.11 Å². The number of hydrogen-bond acceptors (Lipinski definition) is 5. The third-order valence-corrected chi connectivity index (χ3v) is 3.84. The van der Waals surface area contributed by atoms with Gasteiger partial charge in [0.1, 0.15) is 0 Å². The molecule has 1 aliphatic rings. The van der Waals surface area contributed by atoms with Gasteiger partial charge in [0.05, 0.1) is 11.8 Å². The highest BCUT2D eigenvalue weighted by Crippen LogP contribution is 2.26. The number of nitrogens with two attached hydrogens (primary N) is 1. The van der Waals surface area contributed by atoms with Gasteiger partial charge in [0, 0.05) is 25.2 Å². The van der Waals surface area contributed by atoms with Crippen LogP contribution in [0.15, 0.2) is 0 Å². The SMILES string of the molecule is CCc1nnc(N2CCCC(O)C2)c(CN)c1CC. The Kier molecular flexibility index (Phi) is 4.71. The van der Waals surface area contributed by atoms with Crippen molar-refractivity contribution in [1.82, 2.24) is 10.2 Å². The van der Waals surface area contributed by atoms with Gasteiger partial charge in [0.15, 0.2) is 5.82 Å². The lowest BCUT2D eigenvalue weighted by atomic mass is 10.0. The molecular formula is C14H24N4O. The molecule has 106 valence electrons. The van der Waals surface area contributed by atoms with E-state index in [9.17, 15) is 5.11 Å². The van der Waals surface area contributed by atoms with Gasteiger partial charge in [0.2, 0.25) is 0 Å². The van der Waals surface area contributed by atoms with Crippen molar-refractivity contribution in [3.63, 3.8) is 0 Å². The summed E-state index contributed by atoms with van der Waals surface area (Å²) in [5.41, 5.74) is 9.31. The van der Waals surface area contributed by atoms with Gasteiger partial charge in [0.25, 0.3) is 0 Å². The Morgan fingerprint density at radius 2 is 2.05 bits per heavy atom. The molecule has 0 amide bonds. The van der Waals surface area contributed by atoms with E-state index in [0.717, 1.165) is 49.3 Å². The lowest BCUT2D eigenvalue weighted by molar-refractivity contribution is 0.153. The van der Waals surface area contributed by atoms with Gasteiger partial charge in [-0.3, -0.25) is 0 Å². The molecule has 2 heterocycles. The minimum Gasteiger partial charge on any atom is -0.391 e. The van der Waals surface area contributed by atoms with E-state index in [2.05, 4.69) is 28.9 Å². The van der Waals surface area contributed by atoms with Crippen molar-refractivity contribution in [2.75, 3.05) is 18.0 Å². The minimum atomic E-state index is -0.267. The van der Waals surface area contributed by atoms with Crippen LogP contribution < -0.4 is 10.6 Å². The van der Waals surface area contributed by atoms with E-state index in [-0.39, 0.29) is 6.10 Å². The molecule has 1 atom stereocenters. The average Bonchev–Trinajstić information content (AvgIpc) is 2.45. The third kappa shape index (κ3) is 2.87. The molecule has 5 nitrogen and oxygen atoms in total. The summed E-state index contributed by atoms with van der Waals surface area (Å²) in [5.74, 6) is 0.871. The molecule has 0 saturated carbocycles. The number of nitrogens with zero attached hydrogens (tertiary/aromatic N) is 3. The van der Waals surface area contributed by atoms with Gasteiger partial charge < -0.3 is 15.7 Å². The first-order chi connectivity index (χ1) is 9.21. The molecule has 0 bridgehead atoms. The number of hydrogen-bond donors (Lipinski definition) is 2. The number of aromatic nitrogens is 2. The van der Waals surface area contributed by atoms with Crippen LogP contribution in [0.3, 0.4) is 0 Å². The Morgan fingerprint density at radius 1 is 1.26 bits per heavy atom. The van der Waals surface area contributed by atoms with Crippen LogP contribution in [0.2, 0.25) is 0 Å². The molecule has 1 unspecified atom stereocenters. The summed E-state index contributed by atoms with van der Waals surface area (Å²) < 4.78 is 0. The Morgan fingerprint density at radius 3 is 2.63 bits per heavy atom. The van der Waals surface area contributed by atoms with Crippen LogP contribution >= 0.6 is 0 Å². The van der Waals surface area contributed by atoms with Gasteiger partial charge in [-0.05, 0) is 31.2 Å². The minimum absolute atomic E-state index is 0.267. The summed E-state index contributed by atoms with van der Waals surface area (Å²) in [7, 11) is 0. The second kappa shape index (κ2) is 6.30. The van der Waals surface area contributed by atoms with Gasteiger partial charge in [-0.25, -0.2) is 0 Å². The Bertz CT molecular complexity index is 436. The van der Waals surface area contributed by atoms with Crippen molar-refractivity contribution in [1.29, 1.82) is 0 Å². The first-order valence-electron chi connectivity index (χ1n) is 7.21. The fourth-order valence-corrected chi connectivity index (χ4v) is 2.85. The van der Waals surface area contributed by atoms with Crippen LogP contribution in [-0.4, -0.2) is 34.5 Å². The zero-order valence-corrected chi connectivity index (χ0v) is 11.9. The van der Waals surface area contributed by atoms with Crippen molar-refractivity contribution >= 4 is 5.82 Å². The second-order valence-corrected chi connectivity index (χ2v) is 5.08. The molecule has 0 spiro atoms. The predicted molar refractivity (Wildman–Crippen MR) is 76.1 cm³/mol. The smallest absolute Gasteiger partial charge is 0.156 e. The van der Waals surface area contributed by atoms with Gasteiger partial charge in [-0.15, -0.1) is 5.10 Å². The number of β-amino-alcohol motifs (C(OH)–C–C–N with tert-alkyl or cyclic N) is 1. The van der Waals surface area contributed by atoms with Crippen molar-refractivity contribution in [2.24, 2.45) is 5.73 Å². The highest BCUT2D eigenvalue weighted by molar-refractivity contribution is 5.51. The van der Waals surface area contributed by atoms with E-state index in [4.69, 9.17) is 5.73 Å². The maximum absolute atomic E-state index is 9.81. The summed E-state index contributed by atoms with van der Waals surface area (Å²) in [6.07, 6.45) is 3.40. The van der Waals surface area contributed by atoms with E-state index in [1.54, 1.807) is 0 Å². The van der Waals surface area contributed by atoms with E-state index < -0.39 is 0 Å². The monoisotopic (exact) mass is 264 g/mol. The zero-order valence-electron chi connectivity index (χ0n) is 11.9. The molecule has 1 fully saturated rings. The quantitative estimate of drug-likeness (QED) is 0.849. The maximum atomic E-state index is 9.81. The number of aryl methyl sites for hydroxylation is 1. The highest BCUT2D eigenvalue weighted by atomic mass is 16.3. The fraction of sp³-hybridized carbons (Fsp3) is 0.714. The molecule has 0 radical (unpaired) electrons. The van der Waals surface area contributed by atoms with Crippen LogP contribution in [0.25, 0.3) is 0 Å². The Balaban J connectivity index is 2.39. The molecule has 3 N–H and O–H groups in total. The standard InChI is InChI=1S/C14H24N4O/c1-3-11-12(8-15)14(17-16-13(11)4-2)18-7-5-6-10(19)9-18/h10,19H,3-9,15H2,1-2H3. The first-order valence-corrected chi connectivity index (χ1v) is 7.21. The van der Waals surface area contributed by atoms with Crippen LogP contribution in [0.5, 0.6) is 0 Å². The van der Waals surface area contributed by atoms with Crippen LogP contribution in [0, 0.1) is 0 Å². The van der Waals surface area contributed by atoms with E-state index in [1.807, 2.05) is 0 Å². The summed E-state index contributed by atoms with van der Waals surface area (Å²) >= 11 is 0. The molecule has 2 rings (SSSR count). The molecule has 1 saturated heterocycles. The fourth-order valence-electron chi connectivity index (χ4n) is 2.85. The predicted octanol–water partition coefficient (Wildman–Crippen LogP) is 1.02. The maximum Gasteiger partial charge on any atom is 0.156 e. The molecule has 5 heteroatoms. The van der Waals surface area contributed by atoms with Crippen molar-refractivity contribution in [2.45, 2.75) is 52.2 Å². The van der Waals surface area contributed by atoms with E-state index >= 15 is 0 Å². The molecule has 1 aromatic heterocycles. The molecular weight excluding hydrogens is 240 g/mol. The van der Waals surface area contributed by atoms with Crippen molar-refractivity contribution in [3.05, 3.63) is 16.8 Å². The van der Waals surface area contributed by atoms with E-state index in [0.29, 0.717) is 13.1 Å². The number of anilines is 1. The summed E-state index contributed by atoms with van der Waals surface area (Å²) in [6, 6.07) is 0. The number of piperidine rings is 1. The molecule has 1 aromatic rings. The lowest BCUT2D eigenvalue weighted by Gasteiger charge is -2.32. The topological polar surface area (TPSA) is 75.3 Å². The third-order valence-electron chi connectivity index (χ3n) is 3.84. The Hall–Kier alpha value is -1.20. The first kappa shape index (κ1) is 14.2. The Labute approximate surface area is 114 Å². The molecule has 19 heavy (non-hydrogen) atoms. The number of aliphatic hydroxyl groups excluding tert-OH is 1. The average molecular weight is 264 g/mol. The molecule has 0 aromatic carbocycles. The van der Waals surface area contributed by atoms with Gasteiger partial charge in [-0.1, -0.05) is 13.8 Å². The number of aliphatic hydroxyl groups is 1. The van der Waals surface area contributed by atoms with Gasteiger partial charge >= 0.3 is 0 Å². The molecule has 1 aliphatic heterocycles. The number of rotatable bonds is 4. The zero-order chi connectivity index (χ0) is 13.8. The van der Waals surface area contributed by atoms with Gasteiger partial charge in [-0.2, -0.15) is 5.10 Å². The van der Waals surface area contributed by atoms with Crippen LogP contribution in [0.4, 0.5) is 5.82 Å². The summed E-state index contributed by atoms with van der Waals surface area (Å²) in [6.45, 7) is 6.26. The highest BCUT2D eigenvalue weighted by Gasteiger charge is 2.23. The van der Waals surface area contributed by atoms with Crippen molar-refractivity contribution in [3.8, 4) is 0 Å². The normalized spacial score (nSPS) is 19.8. The van der Waals surface area contributed by atoms with E-state index in [1.165, 1.54) is 5.56 Å². The lowest BCUT2D eigenvalue weighted by Crippen LogP contribution is -2.39. The second-order valence-electron chi connectivity index (χ2n) is 5.08. The largest absolute Gasteiger partial charge is 0.391 e.